The van der Waals surface area contributed by atoms with Gasteiger partial charge in [0.1, 0.15) is 13.6 Å². The number of fused-ring (bicyclic) bond motifs is 1. The second-order valence-electron chi connectivity index (χ2n) is 6.58. The van der Waals surface area contributed by atoms with Crippen LogP contribution in [0.1, 0.15) is 25.7 Å². The van der Waals surface area contributed by atoms with Crippen LogP contribution in [-0.4, -0.2) is 45.2 Å². The summed E-state index contributed by atoms with van der Waals surface area (Å²) >= 11 is 1.05. The first kappa shape index (κ1) is 17.5. The molecule has 2 aliphatic carbocycles. The van der Waals surface area contributed by atoms with Crippen LogP contribution in [0.2, 0.25) is 0 Å². The highest BCUT2D eigenvalue weighted by Crippen LogP contribution is 2.47. The van der Waals surface area contributed by atoms with Crippen LogP contribution in [-0.2, 0) is 13.9 Å². The van der Waals surface area contributed by atoms with E-state index in [1.807, 2.05) is 18.2 Å². The largest absolute Gasteiger partial charge is 0.638 e. The molecule has 0 bridgehead atoms. The molecule has 6 atom stereocenters. The van der Waals surface area contributed by atoms with Crippen molar-refractivity contribution in [3.63, 3.8) is 0 Å². The summed E-state index contributed by atoms with van der Waals surface area (Å²) in [5, 5.41) is 14.2. The zero-order chi connectivity index (χ0) is 20.0. The fraction of sp³-hybridized carbons (Fsp3) is 0.588. The minimum absolute atomic E-state index is 0.0143. The molecular formula is C17H24BNO5PS. The van der Waals surface area contributed by atoms with E-state index in [1.165, 1.54) is 0 Å². The van der Waals surface area contributed by atoms with Gasteiger partial charge in [-0.15, -0.1) is 6.58 Å². The van der Waals surface area contributed by atoms with E-state index < -0.39 is 13.4 Å². The van der Waals surface area contributed by atoms with Crippen molar-refractivity contribution in [3.8, 4) is 0 Å². The lowest BCUT2D eigenvalue weighted by molar-refractivity contribution is -0.692. The minimum atomic E-state index is -1.31. The van der Waals surface area contributed by atoms with Gasteiger partial charge in [-0.2, -0.15) is 0 Å². The minimum Gasteiger partial charge on any atom is -0.638 e. The summed E-state index contributed by atoms with van der Waals surface area (Å²) in [7, 11) is -0.208. The molecule has 0 amide bonds. The van der Waals surface area contributed by atoms with Crippen LogP contribution in [0.3, 0.4) is 0 Å². The number of rotatable bonds is 10. The third-order valence-corrected chi connectivity index (χ3v) is 6.08. The average molecular weight is 399 g/mol. The predicted octanol–water partition coefficient (Wildman–Crippen LogP) is 1.82. The lowest BCUT2D eigenvalue weighted by Gasteiger charge is -2.25. The molecule has 9 heteroatoms. The monoisotopic (exact) mass is 399 g/mol. The van der Waals surface area contributed by atoms with E-state index in [-0.39, 0.29) is 18.1 Å². The molecule has 2 fully saturated rings. The number of allylic oxidation sites excluding steroid dienone is 3. The van der Waals surface area contributed by atoms with Crippen molar-refractivity contribution in [2.24, 2.45) is 17.0 Å². The molecule has 141 valence electrons. The summed E-state index contributed by atoms with van der Waals surface area (Å²) in [6.07, 6.45) is 12.6. The molecular weight excluding hydrogens is 372 g/mol. The quantitative estimate of drug-likeness (QED) is 0.0819. The third-order valence-electron chi connectivity index (χ3n) is 5.15. The van der Waals surface area contributed by atoms with Gasteiger partial charge in [0.2, 0.25) is 0 Å². The molecule has 26 heavy (non-hydrogen) atoms. The van der Waals surface area contributed by atoms with Crippen LogP contribution < -0.4 is 5.26 Å². The summed E-state index contributed by atoms with van der Waals surface area (Å²) < 4.78 is 31.5. The molecule has 6 nitrogen and oxygen atoms in total. The van der Waals surface area contributed by atoms with Crippen LogP contribution in [0.25, 0.3) is 0 Å². The Morgan fingerprint density at radius 3 is 3.38 bits per heavy atom. The van der Waals surface area contributed by atoms with Crippen molar-refractivity contribution in [3.05, 3.63) is 37.0 Å². The number of hydrogen-bond acceptors (Lipinski definition) is 6. The molecule has 1 heterocycles. The van der Waals surface area contributed by atoms with Crippen molar-refractivity contribution < 1.29 is 23.9 Å². The van der Waals surface area contributed by atoms with E-state index in [9.17, 15) is 5.26 Å². The van der Waals surface area contributed by atoms with E-state index >= 15 is 0 Å². The molecule has 3 aliphatic rings. The first-order chi connectivity index (χ1) is 13.6. The SMILES string of the molecule is [2H]P([B][3H])SOCC[C@H]1C[C@H](CCC=C)[C@@H]2[OH+]C3(C=CC=C/C3=N\O[O-])O[C@H]12. The molecule has 1 aliphatic heterocycles. The molecule has 1 N–H and O–H groups in total. The van der Waals surface area contributed by atoms with Gasteiger partial charge in [0.15, 0.2) is 11.8 Å². The third kappa shape index (κ3) is 4.27. The molecule has 1 saturated heterocycles. The normalized spacial score (nSPS) is 38.9. The van der Waals surface area contributed by atoms with Gasteiger partial charge >= 0.3 is 5.79 Å². The average Bonchev–Trinajstić information content (AvgIpc) is 3.22. The maximum atomic E-state index is 10.6. The molecule has 0 aromatic heterocycles. The lowest BCUT2D eigenvalue weighted by atomic mass is 9.97. The Morgan fingerprint density at radius 2 is 2.58 bits per heavy atom. The summed E-state index contributed by atoms with van der Waals surface area (Å²) in [5.41, 5.74) is 0.359. The van der Waals surface area contributed by atoms with Crippen LogP contribution in [0.15, 0.2) is 42.1 Å². The van der Waals surface area contributed by atoms with Crippen molar-refractivity contribution in [1.82, 2.24) is 0 Å². The van der Waals surface area contributed by atoms with Crippen molar-refractivity contribution >= 4 is 32.5 Å². The van der Waals surface area contributed by atoms with E-state index in [2.05, 4.69) is 16.7 Å². The summed E-state index contributed by atoms with van der Waals surface area (Å²) in [5.74, 6) is -0.442. The number of aliphatic hydroxyl groups is 2. The predicted molar refractivity (Wildman–Crippen MR) is 105 cm³/mol. The van der Waals surface area contributed by atoms with E-state index in [0.717, 1.165) is 44.9 Å². The number of hydrogen-bond donors (Lipinski definition) is 0. The van der Waals surface area contributed by atoms with Gasteiger partial charge < -0.3 is 19.2 Å². The topological polar surface area (TPSA) is 75.9 Å². The molecule has 2 unspecified atom stereocenters. The zero-order valence-electron chi connectivity index (χ0n) is 16.4. The van der Waals surface area contributed by atoms with Crippen molar-refractivity contribution in [2.45, 2.75) is 43.7 Å². The van der Waals surface area contributed by atoms with Crippen LogP contribution in [0.4, 0.5) is 0 Å². The highest BCUT2D eigenvalue weighted by molar-refractivity contribution is 8.53. The number of ether oxygens (including phenoxy) is 2. The first-order valence-corrected chi connectivity index (χ1v) is 11.0. The second kappa shape index (κ2) is 9.53. The highest BCUT2D eigenvalue weighted by atomic mass is 32.7. The summed E-state index contributed by atoms with van der Waals surface area (Å²) in [4.78, 5) is 3.76. The van der Waals surface area contributed by atoms with Crippen molar-refractivity contribution in [1.29, 1.82) is 2.61 Å². The van der Waals surface area contributed by atoms with Gasteiger partial charge in [0, 0.05) is 23.7 Å². The number of nitrogens with zero attached hydrogens (tertiary/aromatic N) is 1. The van der Waals surface area contributed by atoms with E-state index in [0.29, 0.717) is 18.2 Å². The fourth-order valence-corrected chi connectivity index (χ4v) is 4.70. The van der Waals surface area contributed by atoms with Gasteiger partial charge in [-0.3, -0.25) is 4.74 Å². The Kier molecular flexibility index (Phi) is 6.41. The first-order valence-electron chi connectivity index (χ1n) is 9.69. The molecule has 3 rings (SSSR count). The number of oxime groups is 1. The van der Waals surface area contributed by atoms with Gasteiger partial charge in [0.05, 0.1) is 7.89 Å². The van der Waals surface area contributed by atoms with Crippen LogP contribution in [0.5, 0.6) is 0 Å². The molecule has 0 aromatic rings. The molecule has 1 radical (unpaired) electrons. The maximum absolute atomic E-state index is 10.6. The highest BCUT2D eigenvalue weighted by Gasteiger charge is 2.62. The molecule has 0 aromatic carbocycles. The smallest absolute Gasteiger partial charge is 0.344 e. The Bertz CT molecular complexity index is 643. The van der Waals surface area contributed by atoms with Crippen LogP contribution >= 0.6 is 19.3 Å². The maximum Gasteiger partial charge on any atom is 0.344 e. The Labute approximate surface area is 163 Å². The Hall–Kier alpha value is -0.625. The summed E-state index contributed by atoms with van der Waals surface area (Å²) in [6, 6.07) is 0. The van der Waals surface area contributed by atoms with Crippen molar-refractivity contribution in [2.75, 3.05) is 6.61 Å². The Morgan fingerprint density at radius 1 is 1.65 bits per heavy atom. The molecule has 1 spiro atoms. The zero-order valence-corrected chi connectivity index (χ0v) is 16.1. The lowest BCUT2D eigenvalue weighted by Crippen LogP contribution is -2.43. The van der Waals surface area contributed by atoms with Gasteiger partial charge in [-0.05, 0) is 39.0 Å². The summed E-state index contributed by atoms with van der Waals surface area (Å²) in [6.45, 7) is 4.32. The van der Waals surface area contributed by atoms with Gasteiger partial charge in [-0.1, -0.05) is 31.0 Å². The standard InChI is InChI=1S/C17H24BNO5PS/c1-2-3-6-12-11-13(8-10-21-26-25-18)16-15(12)22-17(23-16)9-5-4-7-14(17)19-24-20/h2,4-5,7,9,12-13,15-16,18,20,25H,1,3,6,8,10-11H2/b19-14+/t12-,13-,15-,16+,17?,25?/m0/s1/i18T,25D. The van der Waals surface area contributed by atoms with E-state index in [4.69, 9.17) is 16.3 Å². The van der Waals surface area contributed by atoms with Gasteiger partial charge in [-0.25, -0.2) is 0 Å². The van der Waals surface area contributed by atoms with Crippen LogP contribution in [0, 0.1) is 11.8 Å². The van der Waals surface area contributed by atoms with E-state index in [1.54, 1.807) is 12.2 Å². The molecule has 1 saturated carbocycles. The van der Waals surface area contributed by atoms with Gasteiger partial charge in [0.25, 0.3) is 0 Å². The fourth-order valence-electron chi connectivity index (χ4n) is 4.07. The Balaban J connectivity index is 1.68. The second-order valence-corrected chi connectivity index (χ2v) is 8.26.